The Balaban J connectivity index is 1.19. The van der Waals surface area contributed by atoms with Gasteiger partial charge in [-0.2, -0.15) is 0 Å². The van der Waals surface area contributed by atoms with E-state index >= 15 is 0 Å². The normalized spacial score (nSPS) is 22.4. The Hall–Kier alpha value is -2.48. The number of carbonyl (C=O) groups excluding carboxylic acids is 1. The Kier molecular flexibility index (Phi) is 6.62. The molecule has 1 fully saturated rings. The summed E-state index contributed by atoms with van der Waals surface area (Å²) in [6.45, 7) is 5.28. The van der Waals surface area contributed by atoms with Crippen LogP contribution in [0.5, 0.6) is 5.75 Å². The first-order chi connectivity index (χ1) is 16.0. The van der Waals surface area contributed by atoms with E-state index in [4.69, 9.17) is 4.74 Å². The summed E-state index contributed by atoms with van der Waals surface area (Å²) in [6, 6.07) is 14.1. The van der Waals surface area contributed by atoms with Crippen molar-refractivity contribution < 1.29 is 19.0 Å². The van der Waals surface area contributed by atoms with Crippen LogP contribution in [0.1, 0.15) is 33.5 Å². The molecule has 2 atom stereocenters. The number of carbonyl (C=O) groups is 1. The number of amides is 1. The molecule has 1 N–H and O–H groups in total. The van der Waals surface area contributed by atoms with Gasteiger partial charge in [0.15, 0.2) is 0 Å². The van der Waals surface area contributed by atoms with Crippen molar-refractivity contribution in [3.63, 3.8) is 0 Å². The zero-order chi connectivity index (χ0) is 22.8. The average molecular weight is 454 g/mol. The molecule has 6 nitrogen and oxygen atoms in total. The molecule has 2 aromatic carbocycles. The van der Waals surface area contributed by atoms with Gasteiger partial charge < -0.3 is 14.7 Å². The second-order valence-corrected chi connectivity index (χ2v) is 9.46. The van der Waals surface area contributed by atoms with Gasteiger partial charge in [-0.1, -0.05) is 30.3 Å². The summed E-state index contributed by atoms with van der Waals surface area (Å²) in [5.74, 6) is 0.472. The van der Waals surface area contributed by atoms with Crippen molar-refractivity contribution in [3.05, 3.63) is 64.7 Å². The highest BCUT2D eigenvalue weighted by Gasteiger charge is 2.28. The van der Waals surface area contributed by atoms with Crippen LogP contribution in [0.25, 0.3) is 0 Å². The number of halogens is 1. The average Bonchev–Trinajstić information content (AvgIpc) is 3.15. The molecule has 0 saturated carbocycles. The third-order valence-corrected chi connectivity index (χ3v) is 6.91. The summed E-state index contributed by atoms with van der Waals surface area (Å²) < 4.78 is 19.4. The second kappa shape index (κ2) is 9.79. The molecule has 3 aliphatic rings. The lowest BCUT2D eigenvalue weighted by atomic mass is 10.00. The number of alkyl halides is 1. The van der Waals surface area contributed by atoms with Crippen molar-refractivity contribution in [2.24, 2.45) is 0 Å². The van der Waals surface area contributed by atoms with Crippen LogP contribution < -0.4 is 4.74 Å². The van der Waals surface area contributed by atoms with Crippen molar-refractivity contribution >= 4 is 5.91 Å². The highest BCUT2D eigenvalue weighted by Crippen LogP contribution is 2.27. The minimum Gasteiger partial charge on any atom is -0.491 e. The zero-order valence-electron chi connectivity index (χ0n) is 19.0. The fourth-order valence-electron chi connectivity index (χ4n) is 5.18. The van der Waals surface area contributed by atoms with E-state index in [1.807, 2.05) is 18.2 Å². The summed E-state index contributed by atoms with van der Waals surface area (Å²) in [6.07, 6.45) is 0.201. The number of nitrogens with zero attached hydrogens (tertiary/aromatic N) is 3. The summed E-state index contributed by atoms with van der Waals surface area (Å²) in [4.78, 5) is 19.2. The lowest BCUT2D eigenvalue weighted by Gasteiger charge is -2.32. The molecule has 3 heterocycles. The summed E-state index contributed by atoms with van der Waals surface area (Å²) >= 11 is 0. The molecule has 1 unspecified atom stereocenters. The van der Waals surface area contributed by atoms with Gasteiger partial charge in [-0.25, -0.2) is 4.39 Å². The molecule has 2 aromatic rings. The van der Waals surface area contributed by atoms with E-state index in [-0.39, 0.29) is 12.5 Å². The summed E-state index contributed by atoms with van der Waals surface area (Å²) in [5.41, 5.74) is 4.25. The van der Waals surface area contributed by atoms with Crippen molar-refractivity contribution in [1.82, 2.24) is 14.7 Å². The van der Waals surface area contributed by atoms with Crippen LogP contribution in [0.3, 0.4) is 0 Å². The molecule has 1 amide bonds. The summed E-state index contributed by atoms with van der Waals surface area (Å²) in [5, 5.41) is 10.8. The topological polar surface area (TPSA) is 56.3 Å². The van der Waals surface area contributed by atoms with E-state index in [0.29, 0.717) is 50.5 Å². The molecule has 176 valence electrons. The largest absolute Gasteiger partial charge is 0.491 e. The number of likely N-dealkylation sites (tertiary alicyclic amines) is 1. The molecule has 0 radical (unpaired) electrons. The van der Waals surface area contributed by atoms with Crippen LogP contribution in [0, 0.1) is 0 Å². The monoisotopic (exact) mass is 453 g/mol. The zero-order valence-corrected chi connectivity index (χ0v) is 19.0. The lowest BCUT2D eigenvalue weighted by molar-refractivity contribution is 0.0501. The van der Waals surface area contributed by atoms with Crippen LogP contribution >= 0.6 is 0 Å². The predicted molar refractivity (Wildman–Crippen MR) is 124 cm³/mol. The Morgan fingerprint density at radius 2 is 1.91 bits per heavy atom. The Labute approximate surface area is 194 Å². The number of aliphatic hydroxyl groups is 1. The van der Waals surface area contributed by atoms with Crippen molar-refractivity contribution in [2.45, 2.75) is 38.2 Å². The van der Waals surface area contributed by atoms with E-state index in [0.717, 1.165) is 31.6 Å². The van der Waals surface area contributed by atoms with Crippen molar-refractivity contribution in [1.29, 1.82) is 0 Å². The van der Waals surface area contributed by atoms with Gasteiger partial charge in [0.25, 0.3) is 5.91 Å². The highest BCUT2D eigenvalue weighted by molar-refractivity contribution is 5.97. The highest BCUT2D eigenvalue weighted by atomic mass is 19.1. The second-order valence-electron chi connectivity index (χ2n) is 9.46. The lowest BCUT2D eigenvalue weighted by Crippen LogP contribution is -2.44. The van der Waals surface area contributed by atoms with Gasteiger partial charge in [0.1, 0.15) is 18.5 Å². The molecule has 3 aliphatic heterocycles. The predicted octanol–water partition coefficient (Wildman–Crippen LogP) is 2.48. The summed E-state index contributed by atoms with van der Waals surface area (Å²) in [7, 11) is 0. The molecule has 0 aliphatic carbocycles. The van der Waals surface area contributed by atoms with Gasteiger partial charge in [0, 0.05) is 45.8 Å². The first kappa shape index (κ1) is 22.3. The fraction of sp³-hybridized carbons (Fsp3) is 0.500. The Morgan fingerprint density at radius 1 is 1.06 bits per heavy atom. The van der Waals surface area contributed by atoms with Crippen LogP contribution in [-0.4, -0.2) is 83.9 Å². The van der Waals surface area contributed by atoms with Crippen LogP contribution in [0.15, 0.2) is 42.5 Å². The van der Waals surface area contributed by atoms with Crippen LogP contribution in [0.4, 0.5) is 4.39 Å². The number of rotatable bonds is 6. The van der Waals surface area contributed by atoms with Gasteiger partial charge in [0.2, 0.25) is 0 Å². The number of β-amino-alcohol motifs (C(OH)–C–C–N with tert-alkyl or cyclic N) is 1. The molecular weight excluding hydrogens is 421 g/mol. The number of hydrogen-bond acceptors (Lipinski definition) is 5. The Bertz CT molecular complexity index is 1000. The number of fused-ring (bicyclic) bond motifs is 2. The first-order valence-electron chi connectivity index (χ1n) is 11.9. The van der Waals surface area contributed by atoms with E-state index in [1.54, 1.807) is 4.90 Å². The maximum absolute atomic E-state index is 13.5. The quantitative estimate of drug-likeness (QED) is 0.729. The number of hydrogen-bond donors (Lipinski definition) is 1. The van der Waals surface area contributed by atoms with Gasteiger partial charge in [0.05, 0.1) is 18.2 Å². The van der Waals surface area contributed by atoms with Crippen molar-refractivity contribution in [3.8, 4) is 5.75 Å². The Morgan fingerprint density at radius 3 is 2.73 bits per heavy atom. The van der Waals surface area contributed by atoms with E-state index in [1.165, 1.54) is 11.1 Å². The van der Waals surface area contributed by atoms with Gasteiger partial charge in [-0.15, -0.1) is 0 Å². The minimum absolute atomic E-state index is 0.109. The number of ether oxygens (including phenoxy) is 1. The SMILES string of the molecule is O=C1c2ccc(CN3CCC(F)C3)cc2OCCN1C[C@H](O)CN1CCc2ccccc2C1. The van der Waals surface area contributed by atoms with Gasteiger partial charge >= 0.3 is 0 Å². The van der Waals surface area contributed by atoms with Crippen molar-refractivity contribution in [2.75, 3.05) is 45.9 Å². The molecule has 7 heteroatoms. The van der Waals surface area contributed by atoms with E-state index < -0.39 is 12.3 Å². The van der Waals surface area contributed by atoms with E-state index in [9.17, 15) is 14.3 Å². The van der Waals surface area contributed by atoms with Gasteiger partial charge in [-0.3, -0.25) is 14.6 Å². The first-order valence-corrected chi connectivity index (χ1v) is 11.9. The number of benzene rings is 2. The van der Waals surface area contributed by atoms with Crippen LogP contribution in [-0.2, 0) is 19.5 Å². The minimum atomic E-state index is -0.747. The molecule has 0 aromatic heterocycles. The fourth-order valence-corrected chi connectivity index (χ4v) is 5.18. The van der Waals surface area contributed by atoms with E-state index in [2.05, 4.69) is 34.1 Å². The number of aliphatic hydroxyl groups excluding tert-OH is 1. The smallest absolute Gasteiger partial charge is 0.257 e. The molecule has 5 rings (SSSR count). The standard InChI is InChI=1S/C26H32FN3O3/c27-22-8-10-28(16-22)14-19-5-6-24-25(13-19)33-12-11-30(26(24)32)18-23(31)17-29-9-7-20-3-1-2-4-21(20)15-29/h1-6,13,22-23,31H,7-12,14-18H2/t22?,23-/m1/s1. The third-order valence-electron chi connectivity index (χ3n) is 6.91. The molecule has 0 bridgehead atoms. The van der Waals surface area contributed by atoms with Gasteiger partial charge in [-0.05, 0) is 41.7 Å². The third kappa shape index (κ3) is 5.21. The maximum Gasteiger partial charge on any atom is 0.257 e. The molecule has 0 spiro atoms. The maximum atomic E-state index is 13.5. The molecular formula is C26H32FN3O3. The van der Waals surface area contributed by atoms with Crippen LogP contribution in [0.2, 0.25) is 0 Å². The molecule has 1 saturated heterocycles. The molecule has 33 heavy (non-hydrogen) atoms.